The van der Waals surface area contributed by atoms with Gasteiger partial charge in [-0.05, 0) is 50.9 Å². The predicted octanol–water partition coefficient (Wildman–Crippen LogP) is 1.62. The van der Waals surface area contributed by atoms with E-state index in [1.54, 1.807) is 0 Å². The van der Waals surface area contributed by atoms with Gasteiger partial charge in [-0.25, -0.2) is 4.52 Å². The second kappa shape index (κ2) is 5.17. The van der Waals surface area contributed by atoms with Crippen LogP contribution in [0.15, 0.2) is 18.3 Å². The van der Waals surface area contributed by atoms with Crippen LogP contribution in [0.4, 0.5) is 5.95 Å². The lowest BCUT2D eigenvalue weighted by Crippen LogP contribution is -2.46. The first kappa shape index (κ1) is 12.4. The summed E-state index contributed by atoms with van der Waals surface area (Å²) in [4.78, 5) is 6.98. The molecule has 0 radical (unpaired) electrons. The highest BCUT2D eigenvalue weighted by Gasteiger charge is 2.22. The lowest BCUT2D eigenvalue weighted by atomic mass is 10.1. The van der Waals surface area contributed by atoms with Gasteiger partial charge in [0.05, 0.1) is 0 Å². The van der Waals surface area contributed by atoms with Crippen LogP contribution < -0.4 is 10.2 Å². The third-order valence-electron chi connectivity index (χ3n) is 3.79. The van der Waals surface area contributed by atoms with E-state index in [4.69, 9.17) is 0 Å². The molecule has 1 unspecified atom stereocenters. The van der Waals surface area contributed by atoms with E-state index in [0.717, 1.165) is 31.2 Å². The summed E-state index contributed by atoms with van der Waals surface area (Å²) in [6.45, 7) is 7.36. The number of anilines is 1. The summed E-state index contributed by atoms with van der Waals surface area (Å²) in [7, 11) is 0. The number of nitrogens with one attached hydrogen (secondary N) is 1. The highest BCUT2D eigenvalue weighted by molar-refractivity contribution is 5.46. The minimum Gasteiger partial charge on any atom is -0.336 e. The average Bonchev–Trinajstić information content (AvgIpc) is 2.83. The summed E-state index contributed by atoms with van der Waals surface area (Å²) >= 11 is 0. The van der Waals surface area contributed by atoms with Crippen molar-refractivity contribution in [3.8, 4) is 0 Å². The van der Waals surface area contributed by atoms with E-state index in [2.05, 4.69) is 46.3 Å². The van der Waals surface area contributed by atoms with Crippen molar-refractivity contribution in [2.24, 2.45) is 0 Å². The Balaban J connectivity index is 1.91. The summed E-state index contributed by atoms with van der Waals surface area (Å²) in [5.41, 5.74) is 2.14. The quantitative estimate of drug-likeness (QED) is 0.909. The number of aromatic nitrogens is 3. The molecule has 19 heavy (non-hydrogen) atoms. The third kappa shape index (κ3) is 2.42. The second-order valence-corrected chi connectivity index (χ2v) is 5.20. The molecular weight excluding hydrogens is 238 g/mol. The molecule has 0 saturated carbocycles. The van der Waals surface area contributed by atoms with E-state index in [1.807, 2.05) is 10.7 Å². The molecule has 1 N–H and O–H groups in total. The molecule has 5 nitrogen and oxygen atoms in total. The van der Waals surface area contributed by atoms with Crippen LogP contribution in [0.1, 0.15) is 25.3 Å². The Morgan fingerprint density at radius 1 is 1.53 bits per heavy atom. The number of aryl methyl sites for hydroxylation is 1. The van der Waals surface area contributed by atoms with Crippen LogP contribution in [0, 0.1) is 6.92 Å². The van der Waals surface area contributed by atoms with E-state index in [1.165, 1.54) is 18.4 Å². The molecule has 1 fully saturated rings. The molecule has 0 aliphatic carbocycles. The fraction of sp³-hybridized carbons (Fsp3) is 0.571. The molecule has 2 aromatic rings. The summed E-state index contributed by atoms with van der Waals surface area (Å²) in [5.74, 6) is 0.849. The molecule has 1 saturated heterocycles. The van der Waals surface area contributed by atoms with Crippen molar-refractivity contribution < 1.29 is 0 Å². The first-order chi connectivity index (χ1) is 9.28. The minimum atomic E-state index is 0.511. The Hall–Kier alpha value is -1.62. The second-order valence-electron chi connectivity index (χ2n) is 5.20. The molecule has 1 aliphatic heterocycles. The molecule has 1 atom stereocenters. The van der Waals surface area contributed by atoms with Gasteiger partial charge < -0.3 is 10.2 Å². The number of likely N-dealkylation sites (N-methyl/N-ethyl adjacent to an activating group) is 1. The molecule has 3 rings (SSSR count). The summed E-state index contributed by atoms with van der Waals surface area (Å²) in [6, 6.07) is 4.64. The largest absolute Gasteiger partial charge is 0.336 e. The Morgan fingerprint density at radius 3 is 3.16 bits per heavy atom. The first-order valence-electron chi connectivity index (χ1n) is 7.08. The molecule has 3 heterocycles. The highest BCUT2D eigenvalue weighted by atomic mass is 15.4. The molecule has 2 aromatic heterocycles. The van der Waals surface area contributed by atoms with Crippen LogP contribution in [-0.4, -0.2) is 40.3 Å². The van der Waals surface area contributed by atoms with E-state index < -0.39 is 0 Å². The number of hydrogen-bond donors (Lipinski definition) is 1. The van der Waals surface area contributed by atoms with Crippen molar-refractivity contribution in [2.45, 2.75) is 32.7 Å². The van der Waals surface area contributed by atoms with Gasteiger partial charge in [0.1, 0.15) is 0 Å². The maximum Gasteiger partial charge on any atom is 0.245 e. The van der Waals surface area contributed by atoms with Crippen LogP contribution in [0.5, 0.6) is 0 Å². The van der Waals surface area contributed by atoms with Crippen molar-refractivity contribution in [1.29, 1.82) is 0 Å². The minimum absolute atomic E-state index is 0.511. The molecule has 0 spiro atoms. The van der Waals surface area contributed by atoms with Gasteiger partial charge in [0.2, 0.25) is 5.95 Å². The Labute approximate surface area is 113 Å². The van der Waals surface area contributed by atoms with Gasteiger partial charge >= 0.3 is 0 Å². The van der Waals surface area contributed by atoms with Crippen LogP contribution in [0.25, 0.3) is 5.65 Å². The molecular formula is C14H21N5. The Morgan fingerprint density at radius 2 is 2.42 bits per heavy atom. The lowest BCUT2D eigenvalue weighted by molar-refractivity contribution is 0.431. The Bertz CT molecular complexity index is 556. The fourth-order valence-corrected chi connectivity index (χ4v) is 2.76. The Kier molecular flexibility index (Phi) is 3.38. The summed E-state index contributed by atoms with van der Waals surface area (Å²) in [6.07, 6.45) is 4.43. The van der Waals surface area contributed by atoms with Gasteiger partial charge in [-0.3, -0.25) is 0 Å². The monoisotopic (exact) mass is 259 g/mol. The zero-order valence-electron chi connectivity index (χ0n) is 11.6. The van der Waals surface area contributed by atoms with Gasteiger partial charge in [0.25, 0.3) is 0 Å². The summed E-state index contributed by atoms with van der Waals surface area (Å²) in [5, 5.41) is 8.06. The lowest BCUT2D eigenvalue weighted by Gasteiger charge is -2.33. The van der Waals surface area contributed by atoms with E-state index in [9.17, 15) is 0 Å². The van der Waals surface area contributed by atoms with E-state index in [0.29, 0.717) is 6.04 Å². The van der Waals surface area contributed by atoms with Crippen LogP contribution in [0.3, 0.4) is 0 Å². The van der Waals surface area contributed by atoms with Crippen molar-refractivity contribution in [3.63, 3.8) is 0 Å². The van der Waals surface area contributed by atoms with Gasteiger partial charge in [0, 0.05) is 25.3 Å². The van der Waals surface area contributed by atoms with Crippen LogP contribution >= 0.6 is 0 Å². The zero-order chi connectivity index (χ0) is 13.2. The molecule has 102 valence electrons. The number of pyridine rings is 1. The number of nitrogens with zero attached hydrogens (tertiary/aromatic N) is 4. The molecule has 0 amide bonds. The smallest absolute Gasteiger partial charge is 0.245 e. The maximum absolute atomic E-state index is 4.67. The van der Waals surface area contributed by atoms with Crippen molar-refractivity contribution in [3.05, 3.63) is 23.9 Å². The fourth-order valence-electron chi connectivity index (χ4n) is 2.76. The topological polar surface area (TPSA) is 45.5 Å². The van der Waals surface area contributed by atoms with Crippen LogP contribution in [0.2, 0.25) is 0 Å². The highest BCUT2D eigenvalue weighted by Crippen LogP contribution is 2.18. The number of fused-ring (bicyclic) bond motifs is 1. The predicted molar refractivity (Wildman–Crippen MR) is 76.6 cm³/mol. The normalized spacial score (nSPS) is 19.8. The third-order valence-corrected chi connectivity index (χ3v) is 3.79. The molecule has 0 bridgehead atoms. The molecule has 1 aliphatic rings. The van der Waals surface area contributed by atoms with Gasteiger partial charge in [0.15, 0.2) is 5.65 Å². The van der Waals surface area contributed by atoms with E-state index >= 15 is 0 Å². The van der Waals surface area contributed by atoms with Crippen molar-refractivity contribution >= 4 is 11.6 Å². The van der Waals surface area contributed by atoms with Crippen molar-refractivity contribution in [1.82, 2.24) is 19.9 Å². The summed E-state index contributed by atoms with van der Waals surface area (Å²) < 4.78 is 1.86. The molecule has 0 aromatic carbocycles. The average molecular weight is 259 g/mol. The van der Waals surface area contributed by atoms with Crippen molar-refractivity contribution in [2.75, 3.05) is 24.5 Å². The SMILES string of the molecule is CCN(c1nc2cc(C)ccn2n1)C1CCCNC1. The van der Waals surface area contributed by atoms with Gasteiger partial charge in [-0.1, -0.05) is 0 Å². The van der Waals surface area contributed by atoms with Crippen LogP contribution in [-0.2, 0) is 0 Å². The van der Waals surface area contributed by atoms with Gasteiger partial charge in [-0.2, -0.15) is 4.98 Å². The number of hydrogen-bond acceptors (Lipinski definition) is 4. The first-order valence-corrected chi connectivity index (χ1v) is 7.08. The maximum atomic E-state index is 4.67. The standard InChI is InChI=1S/C14H21N5/c1-3-18(12-5-4-7-15-10-12)14-16-13-9-11(2)6-8-19(13)17-14/h6,8-9,12,15H,3-5,7,10H2,1-2H3. The zero-order valence-corrected chi connectivity index (χ0v) is 11.6. The van der Waals surface area contributed by atoms with E-state index in [-0.39, 0.29) is 0 Å². The van der Waals surface area contributed by atoms with Gasteiger partial charge in [-0.15, -0.1) is 5.10 Å². The number of piperidine rings is 1. The number of rotatable bonds is 3. The molecule has 5 heteroatoms.